The van der Waals surface area contributed by atoms with E-state index < -0.39 is 0 Å². The molecular weight excluding hydrogens is 204 g/mol. The molecule has 1 fully saturated rings. The molecule has 1 aliphatic heterocycles. The van der Waals surface area contributed by atoms with Gasteiger partial charge in [-0.3, -0.25) is 4.79 Å². The maximum absolute atomic E-state index is 10.5. The smallest absolute Gasteiger partial charge is 0.302 e. The monoisotopic (exact) mass is 220 g/mol. The first-order valence-corrected chi connectivity index (χ1v) is 5.51. The van der Waals surface area contributed by atoms with E-state index in [4.69, 9.17) is 21.1 Å². The lowest BCUT2D eigenvalue weighted by molar-refractivity contribution is -0.141. The van der Waals surface area contributed by atoms with Gasteiger partial charge in [-0.15, -0.1) is 11.6 Å². The summed E-state index contributed by atoms with van der Waals surface area (Å²) in [5.74, 6) is -0.218. The first-order valence-electron chi connectivity index (χ1n) is 5.07. The zero-order chi connectivity index (χ0) is 10.4. The number of ether oxygens (including phenoxy) is 2. The SMILES string of the molecule is CC(=O)OCCC[C@@H]1C[C@H](Cl)CCO1. The van der Waals surface area contributed by atoms with Crippen LogP contribution in [0, 0.1) is 0 Å². The van der Waals surface area contributed by atoms with Crippen LogP contribution in [0.3, 0.4) is 0 Å². The fraction of sp³-hybridized carbons (Fsp3) is 0.900. The van der Waals surface area contributed by atoms with Crippen molar-refractivity contribution >= 4 is 17.6 Å². The predicted octanol–water partition coefficient (Wildman–Crippen LogP) is 2.12. The van der Waals surface area contributed by atoms with Gasteiger partial charge in [-0.25, -0.2) is 0 Å². The van der Waals surface area contributed by atoms with E-state index in [0.717, 1.165) is 32.3 Å². The Bertz CT molecular complexity index is 184. The number of carbonyl (C=O) groups is 1. The van der Waals surface area contributed by atoms with Gasteiger partial charge in [0.2, 0.25) is 0 Å². The number of hydrogen-bond donors (Lipinski definition) is 0. The molecule has 0 aromatic rings. The van der Waals surface area contributed by atoms with Crippen LogP contribution in [0.5, 0.6) is 0 Å². The van der Waals surface area contributed by atoms with E-state index in [1.165, 1.54) is 6.92 Å². The molecule has 0 unspecified atom stereocenters. The highest BCUT2D eigenvalue weighted by Crippen LogP contribution is 2.21. The molecule has 0 bridgehead atoms. The van der Waals surface area contributed by atoms with Crippen LogP contribution in [0.15, 0.2) is 0 Å². The van der Waals surface area contributed by atoms with Crippen molar-refractivity contribution in [1.82, 2.24) is 0 Å². The number of hydrogen-bond acceptors (Lipinski definition) is 3. The highest BCUT2D eigenvalue weighted by Gasteiger charge is 2.20. The average Bonchev–Trinajstić information content (AvgIpc) is 2.12. The second-order valence-corrected chi connectivity index (χ2v) is 4.21. The average molecular weight is 221 g/mol. The number of halogens is 1. The Kier molecular flexibility index (Phi) is 5.26. The van der Waals surface area contributed by atoms with Gasteiger partial charge in [-0.05, 0) is 25.7 Å². The Hall–Kier alpha value is -0.280. The van der Waals surface area contributed by atoms with Gasteiger partial charge < -0.3 is 9.47 Å². The van der Waals surface area contributed by atoms with Crippen molar-refractivity contribution in [2.24, 2.45) is 0 Å². The summed E-state index contributed by atoms with van der Waals surface area (Å²) in [6.07, 6.45) is 3.90. The molecule has 0 saturated carbocycles. The molecule has 0 radical (unpaired) electrons. The summed E-state index contributed by atoms with van der Waals surface area (Å²) in [6, 6.07) is 0. The Morgan fingerprint density at radius 2 is 2.43 bits per heavy atom. The summed E-state index contributed by atoms with van der Waals surface area (Å²) in [7, 11) is 0. The second kappa shape index (κ2) is 6.25. The Morgan fingerprint density at radius 1 is 1.64 bits per heavy atom. The van der Waals surface area contributed by atoms with Gasteiger partial charge in [0.25, 0.3) is 0 Å². The van der Waals surface area contributed by atoms with Crippen LogP contribution < -0.4 is 0 Å². The first kappa shape index (κ1) is 11.8. The van der Waals surface area contributed by atoms with Crippen molar-refractivity contribution in [3.8, 4) is 0 Å². The van der Waals surface area contributed by atoms with Crippen LogP contribution in [0.1, 0.15) is 32.6 Å². The van der Waals surface area contributed by atoms with Gasteiger partial charge in [0.15, 0.2) is 0 Å². The maximum Gasteiger partial charge on any atom is 0.302 e. The normalized spacial score (nSPS) is 27.3. The molecule has 14 heavy (non-hydrogen) atoms. The van der Waals surface area contributed by atoms with Crippen molar-refractivity contribution in [3.05, 3.63) is 0 Å². The fourth-order valence-corrected chi connectivity index (χ4v) is 1.85. The van der Waals surface area contributed by atoms with E-state index in [2.05, 4.69) is 0 Å². The molecule has 0 aliphatic carbocycles. The molecule has 82 valence electrons. The topological polar surface area (TPSA) is 35.5 Å². The number of carbonyl (C=O) groups excluding carboxylic acids is 1. The van der Waals surface area contributed by atoms with Crippen molar-refractivity contribution < 1.29 is 14.3 Å². The molecule has 1 rings (SSSR count). The maximum atomic E-state index is 10.5. The molecule has 3 nitrogen and oxygen atoms in total. The van der Waals surface area contributed by atoms with Gasteiger partial charge in [-0.2, -0.15) is 0 Å². The van der Waals surface area contributed by atoms with Gasteiger partial charge in [0, 0.05) is 18.9 Å². The number of alkyl halides is 1. The summed E-state index contributed by atoms with van der Waals surface area (Å²) in [5.41, 5.74) is 0. The molecule has 1 heterocycles. The van der Waals surface area contributed by atoms with Crippen LogP contribution in [0.4, 0.5) is 0 Å². The van der Waals surface area contributed by atoms with Crippen LogP contribution >= 0.6 is 11.6 Å². The van der Waals surface area contributed by atoms with Crippen molar-refractivity contribution in [2.75, 3.05) is 13.2 Å². The zero-order valence-corrected chi connectivity index (χ0v) is 9.26. The summed E-state index contributed by atoms with van der Waals surface area (Å²) in [4.78, 5) is 10.5. The Labute approximate surface area is 89.7 Å². The quantitative estimate of drug-likeness (QED) is 0.414. The van der Waals surface area contributed by atoms with Crippen LogP contribution in [0.25, 0.3) is 0 Å². The lowest BCUT2D eigenvalue weighted by atomic mass is 10.0. The molecule has 0 aromatic heterocycles. The molecule has 1 aliphatic rings. The predicted molar refractivity (Wildman–Crippen MR) is 54.5 cm³/mol. The zero-order valence-electron chi connectivity index (χ0n) is 8.50. The lowest BCUT2D eigenvalue weighted by Crippen LogP contribution is -2.26. The number of esters is 1. The standard InChI is InChI=1S/C10H17ClO3/c1-8(12)13-5-2-3-10-7-9(11)4-6-14-10/h9-10H,2-7H2,1H3/t9-,10-/m1/s1. The second-order valence-electron chi connectivity index (χ2n) is 3.60. The molecule has 0 amide bonds. The van der Waals surface area contributed by atoms with E-state index >= 15 is 0 Å². The summed E-state index contributed by atoms with van der Waals surface area (Å²) >= 11 is 6.01. The van der Waals surface area contributed by atoms with Crippen molar-refractivity contribution in [2.45, 2.75) is 44.1 Å². The van der Waals surface area contributed by atoms with Crippen molar-refractivity contribution in [3.63, 3.8) is 0 Å². The highest BCUT2D eigenvalue weighted by atomic mass is 35.5. The fourth-order valence-electron chi connectivity index (χ4n) is 1.56. The highest BCUT2D eigenvalue weighted by molar-refractivity contribution is 6.20. The van der Waals surface area contributed by atoms with Crippen molar-refractivity contribution in [1.29, 1.82) is 0 Å². The van der Waals surface area contributed by atoms with E-state index in [0.29, 0.717) is 6.61 Å². The lowest BCUT2D eigenvalue weighted by Gasteiger charge is -2.25. The first-order chi connectivity index (χ1) is 6.68. The third-order valence-corrected chi connectivity index (χ3v) is 2.68. The molecule has 0 spiro atoms. The van der Waals surface area contributed by atoms with E-state index in [9.17, 15) is 4.79 Å². The van der Waals surface area contributed by atoms with Gasteiger partial charge in [0.1, 0.15) is 0 Å². The minimum Gasteiger partial charge on any atom is -0.466 e. The molecule has 1 saturated heterocycles. The molecule has 2 atom stereocenters. The van der Waals surface area contributed by atoms with Crippen LogP contribution in [-0.2, 0) is 14.3 Å². The third-order valence-electron chi connectivity index (χ3n) is 2.28. The van der Waals surface area contributed by atoms with E-state index in [1.54, 1.807) is 0 Å². The van der Waals surface area contributed by atoms with Crippen LogP contribution in [-0.4, -0.2) is 30.7 Å². The van der Waals surface area contributed by atoms with Gasteiger partial charge in [0.05, 0.1) is 12.7 Å². The van der Waals surface area contributed by atoms with Gasteiger partial charge in [-0.1, -0.05) is 0 Å². The molecule has 0 N–H and O–H groups in total. The number of rotatable bonds is 4. The minimum atomic E-state index is -0.218. The van der Waals surface area contributed by atoms with Gasteiger partial charge >= 0.3 is 5.97 Å². The Morgan fingerprint density at radius 3 is 3.07 bits per heavy atom. The van der Waals surface area contributed by atoms with E-state index in [1.807, 2.05) is 0 Å². The molecule has 0 aromatic carbocycles. The van der Waals surface area contributed by atoms with E-state index in [-0.39, 0.29) is 17.5 Å². The largest absolute Gasteiger partial charge is 0.466 e. The molecular formula is C10H17ClO3. The van der Waals surface area contributed by atoms with Crippen LogP contribution in [0.2, 0.25) is 0 Å². The Balaban J connectivity index is 2.03. The molecule has 4 heteroatoms. The summed E-state index contributed by atoms with van der Waals surface area (Å²) in [5, 5.41) is 0.252. The third kappa shape index (κ3) is 4.82. The summed E-state index contributed by atoms with van der Waals surface area (Å²) < 4.78 is 10.4. The summed E-state index contributed by atoms with van der Waals surface area (Å²) in [6.45, 7) is 2.67. The minimum absolute atomic E-state index is 0.218.